The Bertz CT molecular complexity index is 608. The van der Waals surface area contributed by atoms with Gasteiger partial charge in [0, 0.05) is 20.2 Å². The van der Waals surface area contributed by atoms with Gasteiger partial charge in [0.15, 0.2) is 15.9 Å². The molecule has 1 aromatic carbocycles. The lowest BCUT2D eigenvalue weighted by Gasteiger charge is -2.23. The van der Waals surface area contributed by atoms with Gasteiger partial charge in [-0.3, -0.25) is 4.79 Å². The summed E-state index contributed by atoms with van der Waals surface area (Å²) in [6, 6.07) is 9.38. The van der Waals surface area contributed by atoms with Crippen LogP contribution in [0.2, 0.25) is 0 Å². The van der Waals surface area contributed by atoms with Crippen LogP contribution in [-0.2, 0) is 19.4 Å². The Labute approximate surface area is 124 Å². The van der Waals surface area contributed by atoms with Crippen molar-refractivity contribution in [3.63, 3.8) is 0 Å². The predicted octanol–water partition coefficient (Wildman–Crippen LogP) is 0.877. The van der Waals surface area contributed by atoms with E-state index in [-0.39, 0.29) is 29.2 Å². The quantitative estimate of drug-likeness (QED) is 0.831. The van der Waals surface area contributed by atoms with Crippen LogP contribution in [0.1, 0.15) is 11.7 Å². The number of likely N-dealkylation sites (tertiary alicyclic amines) is 1. The number of hydrogen-bond acceptors (Lipinski definition) is 4. The van der Waals surface area contributed by atoms with Crippen LogP contribution < -0.4 is 0 Å². The first-order valence-electron chi connectivity index (χ1n) is 7.07. The molecule has 3 atom stereocenters. The highest BCUT2D eigenvalue weighted by Crippen LogP contribution is 2.34. The Balaban J connectivity index is 1.72. The average molecular weight is 309 g/mol. The molecule has 21 heavy (non-hydrogen) atoms. The van der Waals surface area contributed by atoms with Crippen LogP contribution in [0.3, 0.4) is 0 Å². The fraction of sp³-hybridized carbons (Fsp3) is 0.533. The van der Waals surface area contributed by atoms with E-state index in [1.54, 1.807) is 4.90 Å². The zero-order chi connectivity index (χ0) is 15.0. The second kappa shape index (κ2) is 5.42. The highest BCUT2D eigenvalue weighted by atomic mass is 32.2. The van der Waals surface area contributed by atoms with E-state index in [1.807, 2.05) is 30.3 Å². The molecule has 0 unspecified atom stereocenters. The lowest BCUT2D eigenvalue weighted by Crippen LogP contribution is -2.35. The molecule has 1 amide bonds. The van der Waals surface area contributed by atoms with Crippen molar-refractivity contribution in [1.29, 1.82) is 0 Å². The molecule has 2 heterocycles. The Morgan fingerprint density at radius 2 is 1.76 bits per heavy atom. The molecule has 2 aliphatic heterocycles. The number of benzene rings is 1. The molecule has 0 bridgehead atoms. The largest absolute Gasteiger partial charge is 0.367 e. The number of carbonyl (C=O) groups is 1. The van der Waals surface area contributed by atoms with Crippen molar-refractivity contribution in [2.75, 3.05) is 31.7 Å². The molecule has 6 heteroatoms. The number of carbonyl (C=O) groups excluding carboxylic acids is 1. The van der Waals surface area contributed by atoms with Gasteiger partial charge < -0.3 is 9.64 Å². The normalized spacial score (nSPS) is 28.3. The van der Waals surface area contributed by atoms with E-state index in [4.69, 9.17) is 4.74 Å². The average Bonchev–Trinajstić information content (AvgIpc) is 2.94. The number of fused-ring (bicyclic) bond motifs is 1. The van der Waals surface area contributed by atoms with Crippen molar-refractivity contribution in [1.82, 2.24) is 4.90 Å². The smallest absolute Gasteiger partial charge is 0.256 e. The van der Waals surface area contributed by atoms with Crippen molar-refractivity contribution in [3.8, 4) is 0 Å². The maximum absolute atomic E-state index is 12.6. The molecule has 114 valence electrons. The first-order valence-corrected chi connectivity index (χ1v) is 8.89. The van der Waals surface area contributed by atoms with E-state index in [2.05, 4.69) is 0 Å². The van der Waals surface area contributed by atoms with Crippen molar-refractivity contribution in [2.24, 2.45) is 11.8 Å². The van der Waals surface area contributed by atoms with Crippen molar-refractivity contribution < 1.29 is 17.9 Å². The minimum absolute atomic E-state index is 0.0736. The molecule has 0 spiro atoms. The number of nitrogens with zero attached hydrogens (tertiary/aromatic N) is 1. The third kappa shape index (κ3) is 2.82. The number of rotatable bonds is 3. The molecule has 0 aromatic heterocycles. The Hall–Kier alpha value is -1.40. The van der Waals surface area contributed by atoms with Gasteiger partial charge in [-0.2, -0.15) is 0 Å². The third-order valence-electron chi connectivity index (χ3n) is 4.39. The number of ether oxygens (including phenoxy) is 1. The van der Waals surface area contributed by atoms with Gasteiger partial charge in [0.1, 0.15) is 0 Å². The number of methoxy groups -OCH3 is 1. The van der Waals surface area contributed by atoms with Gasteiger partial charge in [0.05, 0.1) is 11.5 Å². The van der Waals surface area contributed by atoms with Crippen LogP contribution >= 0.6 is 0 Å². The summed E-state index contributed by atoms with van der Waals surface area (Å²) < 4.78 is 28.6. The van der Waals surface area contributed by atoms with Gasteiger partial charge in [-0.25, -0.2) is 8.42 Å². The highest BCUT2D eigenvalue weighted by Gasteiger charge is 2.45. The minimum atomic E-state index is -2.90. The molecule has 0 N–H and O–H groups in total. The zero-order valence-electron chi connectivity index (χ0n) is 11.9. The third-order valence-corrected chi connectivity index (χ3v) is 6.26. The summed E-state index contributed by atoms with van der Waals surface area (Å²) in [5.74, 6) is 0.532. The molecule has 0 saturated carbocycles. The fourth-order valence-electron chi connectivity index (χ4n) is 3.39. The van der Waals surface area contributed by atoms with E-state index in [9.17, 15) is 13.2 Å². The van der Waals surface area contributed by atoms with Crippen LogP contribution in [0.4, 0.5) is 0 Å². The molecule has 3 rings (SSSR count). The van der Waals surface area contributed by atoms with Crippen LogP contribution in [0.25, 0.3) is 0 Å². The number of sulfone groups is 1. The molecule has 0 aliphatic carbocycles. The maximum atomic E-state index is 12.6. The molecular formula is C15H19NO4S. The summed E-state index contributed by atoms with van der Waals surface area (Å²) in [5, 5.41) is 0. The minimum Gasteiger partial charge on any atom is -0.367 e. The van der Waals surface area contributed by atoms with E-state index in [1.165, 1.54) is 7.11 Å². The topological polar surface area (TPSA) is 63.7 Å². The molecule has 2 saturated heterocycles. The van der Waals surface area contributed by atoms with Crippen molar-refractivity contribution >= 4 is 15.7 Å². The number of hydrogen-bond donors (Lipinski definition) is 0. The molecule has 2 fully saturated rings. The summed E-state index contributed by atoms with van der Waals surface area (Å²) in [6.07, 6.45) is -0.610. The molecule has 5 nitrogen and oxygen atoms in total. The standard InChI is InChI=1S/C15H19NO4S/c1-20-14(11-5-3-2-4-6-11)15(17)16-7-12-9-21(18,19)10-13(12)8-16/h2-6,12-14H,7-10H2,1H3/t12-,13+,14-/m1/s1. The molecule has 2 aliphatic rings. The molecule has 1 aromatic rings. The van der Waals surface area contributed by atoms with Crippen LogP contribution in [0.15, 0.2) is 30.3 Å². The zero-order valence-corrected chi connectivity index (χ0v) is 12.8. The summed E-state index contributed by atoms with van der Waals surface area (Å²) in [7, 11) is -1.38. The Kier molecular flexibility index (Phi) is 3.75. The summed E-state index contributed by atoms with van der Waals surface area (Å²) in [6.45, 7) is 1.05. The lowest BCUT2D eigenvalue weighted by atomic mass is 10.0. The van der Waals surface area contributed by atoms with Gasteiger partial charge >= 0.3 is 0 Å². The Morgan fingerprint density at radius 3 is 2.29 bits per heavy atom. The highest BCUT2D eigenvalue weighted by molar-refractivity contribution is 7.91. The van der Waals surface area contributed by atoms with Crippen LogP contribution in [0.5, 0.6) is 0 Å². The van der Waals surface area contributed by atoms with Crippen LogP contribution in [-0.4, -0.2) is 50.9 Å². The summed E-state index contributed by atoms with van der Waals surface area (Å²) >= 11 is 0. The first-order chi connectivity index (χ1) is 10.00. The second-order valence-electron chi connectivity index (χ2n) is 5.87. The maximum Gasteiger partial charge on any atom is 0.256 e. The van der Waals surface area contributed by atoms with Gasteiger partial charge in [-0.1, -0.05) is 30.3 Å². The molecule has 0 radical (unpaired) electrons. The lowest BCUT2D eigenvalue weighted by molar-refractivity contribution is -0.141. The van der Waals surface area contributed by atoms with E-state index in [0.717, 1.165) is 5.56 Å². The van der Waals surface area contributed by atoms with Crippen LogP contribution in [0, 0.1) is 11.8 Å². The van der Waals surface area contributed by atoms with E-state index < -0.39 is 15.9 Å². The monoisotopic (exact) mass is 309 g/mol. The van der Waals surface area contributed by atoms with E-state index in [0.29, 0.717) is 13.1 Å². The number of amides is 1. The predicted molar refractivity (Wildman–Crippen MR) is 78.4 cm³/mol. The summed E-state index contributed by atoms with van der Waals surface area (Å²) in [4.78, 5) is 14.4. The SMILES string of the molecule is CO[C@@H](C(=O)N1C[C@@H]2CS(=O)(=O)C[C@@H]2C1)c1ccccc1. The second-order valence-corrected chi connectivity index (χ2v) is 8.02. The fourth-order valence-corrected chi connectivity index (χ4v) is 5.59. The molecular weight excluding hydrogens is 290 g/mol. The van der Waals surface area contributed by atoms with Gasteiger partial charge in [0.25, 0.3) is 5.91 Å². The van der Waals surface area contributed by atoms with Crippen molar-refractivity contribution in [3.05, 3.63) is 35.9 Å². The van der Waals surface area contributed by atoms with Gasteiger partial charge in [-0.15, -0.1) is 0 Å². The Morgan fingerprint density at radius 1 is 1.19 bits per heavy atom. The van der Waals surface area contributed by atoms with E-state index >= 15 is 0 Å². The van der Waals surface area contributed by atoms with Gasteiger partial charge in [0.2, 0.25) is 0 Å². The van der Waals surface area contributed by atoms with Gasteiger partial charge in [-0.05, 0) is 17.4 Å². The first kappa shape index (κ1) is 14.5. The summed E-state index contributed by atoms with van der Waals surface area (Å²) in [5.41, 5.74) is 0.828. The van der Waals surface area contributed by atoms with Crippen molar-refractivity contribution in [2.45, 2.75) is 6.10 Å².